The Kier molecular flexibility index (Phi) is 7.38. The first-order valence-corrected chi connectivity index (χ1v) is 7.17. The lowest BCUT2D eigenvalue weighted by Gasteiger charge is -2.01. The summed E-state index contributed by atoms with van der Waals surface area (Å²) in [6, 6.07) is 0. The minimum Gasteiger partial charge on any atom is -0.396 e. The Morgan fingerprint density at radius 1 is 1.53 bits per heavy atom. The van der Waals surface area contributed by atoms with Gasteiger partial charge in [0.25, 0.3) is 0 Å². The number of halogens is 1. The Balaban J connectivity index is 1.93. The third-order valence-electron chi connectivity index (χ3n) is 1.67. The summed E-state index contributed by atoms with van der Waals surface area (Å²) in [5.74, 6) is 2.10. The van der Waals surface area contributed by atoms with Gasteiger partial charge in [-0.2, -0.15) is 11.8 Å². The Hall–Kier alpha value is 0.190. The molecule has 0 spiro atoms. The molecular weight excluding hydrogens is 252 g/mol. The van der Waals surface area contributed by atoms with Crippen LogP contribution in [0.3, 0.4) is 0 Å². The number of hydrogen-bond donors (Lipinski definition) is 2. The highest BCUT2D eigenvalue weighted by atomic mass is 35.5. The largest absolute Gasteiger partial charge is 0.396 e. The van der Waals surface area contributed by atoms with Gasteiger partial charge >= 0.3 is 0 Å². The molecule has 0 aliphatic carbocycles. The standard InChI is InChI=1S/C9H15ClN2OS2/c10-8-6-12-9(15-8)7-11-2-5-14-4-1-3-13/h6,11,13H,1-5,7H2. The second kappa shape index (κ2) is 8.35. The molecule has 86 valence electrons. The van der Waals surface area contributed by atoms with Crippen molar-refractivity contribution >= 4 is 34.7 Å². The van der Waals surface area contributed by atoms with Crippen molar-refractivity contribution in [2.45, 2.75) is 13.0 Å². The van der Waals surface area contributed by atoms with Crippen LogP contribution in [0.4, 0.5) is 0 Å². The lowest BCUT2D eigenvalue weighted by atomic mass is 10.5. The quantitative estimate of drug-likeness (QED) is 0.707. The van der Waals surface area contributed by atoms with Gasteiger partial charge in [0.15, 0.2) is 0 Å². The van der Waals surface area contributed by atoms with Crippen molar-refractivity contribution < 1.29 is 5.11 Å². The van der Waals surface area contributed by atoms with Gasteiger partial charge in [0.05, 0.1) is 6.20 Å². The Morgan fingerprint density at radius 3 is 3.07 bits per heavy atom. The summed E-state index contributed by atoms with van der Waals surface area (Å²) in [5, 5.41) is 12.9. The molecule has 0 unspecified atom stereocenters. The zero-order valence-electron chi connectivity index (χ0n) is 8.41. The third kappa shape index (κ3) is 6.37. The number of rotatable bonds is 8. The fourth-order valence-electron chi connectivity index (χ4n) is 0.978. The first kappa shape index (κ1) is 13.3. The van der Waals surface area contributed by atoms with Gasteiger partial charge in [-0.3, -0.25) is 0 Å². The zero-order chi connectivity index (χ0) is 10.9. The van der Waals surface area contributed by atoms with Crippen molar-refractivity contribution in [2.75, 3.05) is 24.7 Å². The van der Waals surface area contributed by atoms with Gasteiger partial charge < -0.3 is 10.4 Å². The fraction of sp³-hybridized carbons (Fsp3) is 0.667. The highest BCUT2D eigenvalue weighted by Gasteiger charge is 1.98. The van der Waals surface area contributed by atoms with E-state index in [2.05, 4.69) is 10.3 Å². The van der Waals surface area contributed by atoms with Crippen LogP contribution in [0.5, 0.6) is 0 Å². The number of thioether (sulfide) groups is 1. The molecule has 0 amide bonds. The number of aliphatic hydroxyl groups is 1. The first-order valence-electron chi connectivity index (χ1n) is 4.82. The lowest BCUT2D eigenvalue weighted by Crippen LogP contribution is -2.16. The molecule has 0 fully saturated rings. The number of aliphatic hydroxyl groups excluding tert-OH is 1. The van der Waals surface area contributed by atoms with Crippen molar-refractivity contribution in [1.29, 1.82) is 0 Å². The third-order valence-corrected chi connectivity index (χ3v) is 3.86. The van der Waals surface area contributed by atoms with Crippen LogP contribution in [-0.2, 0) is 6.54 Å². The van der Waals surface area contributed by atoms with Crippen LogP contribution in [0.2, 0.25) is 4.34 Å². The van der Waals surface area contributed by atoms with Gasteiger partial charge in [-0.1, -0.05) is 11.6 Å². The van der Waals surface area contributed by atoms with Crippen LogP contribution >= 0.6 is 34.7 Å². The van der Waals surface area contributed by atoms with E-state index in [1.807, 2.05) is 11.8 Å². The van der Waals surface area contributed by atoms with Gasteiger partial charge in [0.1, 0.15) is 9.34 Å². The molecule has 0 bridgehead atoms. The van der Waals surface area contributed by atoms with Crippen molar-refractivity contribution in [3.8, 4) is 0 Å². The average Bonchev–Trinajstić information content (AvgIpc) is 2.63. The van der Waals surface area contributed by atoms with E-state index in [-0.39, 0.29) is 6.61 Å². The smallest absolute Gasteiger partial charge is 0.113 e. The number of hydrogen-bond acceptors (Lipinski definition) is 5. The highest BCUT2D eigenvalue weighted by Crippen LogP contribution is 2.17. The van der Waals surface area contributed by atoms with E-state index in [4.69, 9.17) is 16.7 Å². The van der Waals surface area contributed by atoms with E-state index in [1.165, 1.54) is 11.3 Å². The molecular formula is C9H15ClN2OS2. The second-order valence-corrected chi connectivity index (χ2v) is 5.90. The Bertz CT molecular complexity index is 270. The molecule has 1 aromatic rings. The van der Waals surface area contributed by atoms with Gasteiger partial charge in [0.2, 0.25) is 0 Å². The van der Waals surface area contributed by atoms with E-state index in [0.29, 0.717) is 0 Å². The van der Waals surface area contributed by atoms with Gasteiger partial charge in [-0.15, -0.1) is 11.3 Å². The Labute approximate surface area is 103 Å². The molecule has 0 radical (unpaired) electrons. The normalized spacial score (nSPS) is 10.8. The summed E-state index contributed by atoms with van der Waals surface area (Å²) in [7, 11) is 0. The van der Waals surface area contributed by atoms with Crippen molar-refractivity contribution in [3.05, 3.63) is 15.5 Å². The summed E-state index contributed by atoms with van der Waals surface area (Å²) in [6.07, 6.45) is 2.56. The van der Waals surface area contributed by atoms with E-state index in [1.54, 1.807) is 6.20 Å². The maximum absolute atomic E-state index is 8.57. The topological polar surface area (TPSA) is 45.1 Å². The summed E-state index contributed by atoms with van der Waals surface area (Å²) in [6.45, 7) is 2.04. The summed E-state index contributed by atoms with van der Waals surface area (Å²) in [5.41, 5.74) is 0. The number of thiazole rings is 1. The number of nitrogens with one attached hydrogen (secondary N) is 1. The van der Waals surface area contributed by atoms with E-state index >= 15 is 0 Å². The fourth-order valence-corrected chi connectivity index (χ4v) is 2.73. The molecule has 0 atom stereocenters. The molecule has 2 N–H and O–H groups in total. The molecule has 1 rings (SSSR count). The minimum atomic E-state index is 0.290. The molecule has 0 saturated heterocycles. The average molecular weight is 267 g/mol. The molecule has 3 nitrogen and oxygen atoms in total. The van der Waals surface area contributed by atoms with Crippen LogP contribution in [-0.4, -0.2) is 34.7 Å². The summed E-state index contributed by atoms with van der Waals surface area (Å²) in [4.78, 5) is 4.15. The zero-order valence-corrected chi connectivity index (χ0v) is 10.8. The van der Waals surface area contributed by atoms with Crippen LogP contribution in [0.15, 0.2) is 6.20 Å². The molecule has 0 saturated carbocycles. The van der Waals surface area contributed by atoms with Crippen LogP contribution in [0.25, 0.3) is 0 Å². The van der Waals surface area contributed by atoms with E-state index in [9.17, 15) is 0 Å². The van der Waals surface area contributed by atoms with Gasteiger partial charge in [0, 0.05) is 25.4 Å². The molecule has 0 aliphatic rings. The minimum absolute atomic E-state index is 0.290. The molecule has 0 aromatic carbocycles. The molecule has 1 aromatic heterocycles. The van der Waals surface area contributed by atoms with E-state index < -0.39 is 0 Å². The summed E-state index contributed by atoms with van der Waals surface area (Å²) >= 11 is 9.12. The molecule has 15 heavy (non-hydrogen) atoms. The number of nitrogens with zero attached hydrogens (tertiary/aromatic N) is 1. The predicted molar refractivity (Wildman–Crippen MR) is 67.9 cm³/mol. The Morgan fingerprint density at radius 2 is 2.40 bits per heavy atom. The second-order valence-electron chi connectivity index (χ2n) is 2.92. The van der Waals surface area contributed by atoms with Crippen LogP contribution < -0.4 is 5.32 Å². The number of aromatic nitrogens is 1. The lowest BCUT2D eigenvalue weighted by molar-refractivity contribution is 0.296. The van der Waals surface area contributed by atoms with Crippen molar-refractivity contribution in [1.82, 2.24) is 10.3 Å². The van der Waals surface area contributed by atoms with Gasteiger partial charge in [-0.05, 0) is 12.2 Å². The highest BCUT2D eigenvalue weighted by molar-refractivity contribution is 7.99. The maximum atomic E-state index is 8.57. The predicted octanol–water partition coefficient (Wildman–Crippen LogP) is 2.00. The van der Waals surface area contributed by atoms with Crippen LogP contribution in [0.1, 0.15) is 11.4 Å². The molecule has 0 aliphatic heterocycles. The van der Waals surface area contributed by atoms with E-state index in [0.717, 1.165) is 40.4 Å². The van der Waals surface area contributed by atoms with Gasteiger partial charge in [-0.25, -0.2) is 4.98 Å². The maximum Gasteiger partial charge on any atom is 0.113 e. The van der Waals surface area contributed by atoms with Crippen molar-refractivity contribution in [3.63, 3.8) is 0 Å². The molecule has 1 heterocycles. The first-order chi connectivity index (χ1) is 7.33. The monoisotopic (exact) mass is 266 g/mol. The van der Waals surface area contributed by atoms with Crippen molar-refractivity contribution in [2.24, 2.45) is 0 Å². The molecule has 6 heteroatoms. The van der Waals surface area contributed by atoms with Crippen LogP contribution in [0, 0.1) is 0 Å². The SMILES string of the molecule is OCCCSCCNCc1ncc(Cl)s1. The summed E-state index contributed by atoms with van der Waals surface area (Å²) < 4.78 is 0.740.